The predicted molar refractivity (Wildman–Crippen MR) is 91.4 cm³/mol. The number of fused-ring (bicyclic) bond motifs is 1. The van der Waals surface area contributed by atoms with Crippen LogP contribution in [0.2, 0.25) is 0 Å². The maximum atomic E-state index is 11.9. The van der Waals surface area contributed by atoms with Crippen LogP contribution in [0.25, 0.3) is 10.9 Å². The first-order valence-corrected chi connectivity index (χ1v) is 7.75. The molecule has 1 unspecified atom stereocenters. The van der Waals surface area contributed by atoms with Crippen molar-refractivity contribution in [1.29, 1.82) is 0 Å². The van der Waals surface area contributed by atoms with E-state index in [0.717, 1.165) is 16.6 Å². The highest BCUT2D eigenvalue weighted by atomic mass is 16.6. The van der Waals surface area contributed by atoms with Crippen molar-refractivity contribution in [2.75, 3.05) is 13.1 Å². The van der Waals surface area contributed by atoms with Crippen molar-refractivity contribution < 1.29 is 9.53 Å². The quantitative estimate of drug-likeness (QED) is 0.906. The van der Waals surface area contributed by atoms with Gasteiger partial charge in [-0.05, 0) is 26.8 Å². The first kappa shape index (κ1) is 17.3. The molecule has 1 amide bonds. The molecule has 0 bridgehead atoms. The molecule has 23 heavy (non-hydrogen) atoms. The number of ether oxygens (including phenoxy) is 1. The molecule has 0 saturated heterocycles. The number of para-hydroxylation sites is 1. The second kappa shape index (κ2) is 6.20. The molecule has 0 aliphatic heterocycles. The zero-order chi connectivity index (χ0) is 17.3. The van der Waals surface area contributed by atoms with Gasteiger partial charge in [0, 0.05) is 30.9 Å². The van der Waals surface area contributed by atoms with E-state index in [1.807, 2.05) is 63.7 Å². The number of alkyl carbamates (subject to hydrolysis) is 1. The van der Waals surface area contributed by atoms with Gasteiger partial charge in [0.25, 0.3) is 0 Å². The van der Waals surface area contributed by atoms with Crippen molar-refractivity contribution >= 4 is 17.0 Å². The van der Waals surface area contributed by atoms with Crippen LogP contribution in [0.15, 0.2) is 24.3 Å². The molecule has 1 atom stereocenters. The van der Waals surface area contributed by atoms with Gasteiger partial charge in [0.15, 0.2) is 0 Å². The molecule has 1 heterocycles. The van der Waals surface area contributed by atoms with Crippen molar-refractivity contribution in [3.63, 3.8) is 0 Å². The molecule has 2 aromatic rings. The van der Waals surface area contributed by atoms with Crippen molar-refractivity contribution in [2.45, 2.75) is 38.7 Å². The molecular weight excluding hydrogens is 292 g/mol. The van der Waals surface area contributed by atoms with E-state index < -0.39 is 17.1 Å². The summed E-state index contributed by atoms with van der Waals surface area (Å²) in [4.78, 5) is 11.9. The molecule has 0 radical (unpaired) electrons. The topological polar surface area (TPSA) is 82.2 Å². The second-order valence-corrected chi connectivity index (χ2v) is 7.11. The zero-order valence-corrected chi connectivity index (χ0v) is 14.5. The average molecular weight is 318 g/mol. The van der Waals surface area contributed by atoms with Crippen molar-refractivity contribution in [2.24, 2.45) is 12.8 Å². The number of nitrogens with zero attached hydrogens (tertiary/aromatic N) is 2. The van der Waals surface area contributed by atoms with Crippen LogP contribution in [0.3, 0.4) is 0 Å². The van der Waals surface area contributed by atoms with E-state index >= 15 is 0 Å². The van der Waals surface area contributed by atoms with Gasteiger partial charge in [-0.2, -0.15) is 5.10 Å². The Morgan fingerprint density at radius 2 is 1.96 bits per heavy atom. The highest BCUT2D eigenvalue weighted by Crippen LogP contribution is 2.28. The van der Waals surface area contributed by atoms with Crippen LogP contribution < -0.4 is 11.1 Å². The Hall–Kier alpha value is -2.08. The minimum atomic E-state index is -0.527. The van der Waals surface area contributed by atoms with Crippen LogP contribution in [0.1, 0.15) is 33.4 Å². The minimum absolute atomic E-state index is 0.361. The molecule has 0 saturated carbocycles. The molecule has 1 aromatic carbocycles. The normalized spacial score (nSPS) is 14.5. The van der Waals surface area contributed by atoms with Gasteiger partial charge in [-0.25, -0.2) is 4.79 Å². The smallest absolute Gasteiger partial charge is 0.407 e. The number of nitrogens with two attached hydrogens (primary N) is 1. The number of rotatable bonds is 4. The van der Waals surface area contributed by atoms with Crippen molar-refractivity contribution in [3.05, 3.63) is 30.0 Å². The highest BCUT2D eigenvalue weighted by Gasteiger charge is 2.31. The van der Waals surface area contributed by atoms with Crippen LogP contribution in [0, 0.1) is 0 Å². The predicted octanol–water partition coefficient (Wildman–Crippen LogP) is 2.31. The first-order valence-electron chi connectivity index (χ1n) is 7.75. The fourth-order valence-electron chi connectivity index (χ4n) is 2.49. The Labute approximate surface area is 137 Å². The molecule has 6 heteroatoms. The summed E-state index contributed by atoms with van der Waals surface area (Å²) in [5, 5.41) is 8.49. The lowest BCUT2D eigenvalue weighted by Crippen LogP contribution is -2.45. The summed E-state index contributed by atoms with van der Waals surface area (Å²) in [6.45, 7) is 8.23. The summed E-state index contributed by atoms with van der Waals surface area (Å²) < 4.78 is 7.13. The Morgan fingerprint density at radius 3 is 2.57 bits per heavy atom. The van der Waals surface area contributed by atoms with E-state index in [1.54, 1.807) is 0 Å². The number of carbonyl (C=O) groups excluding carboxylic acids is 1. The molecule has 2 rings (SSSR count). The van der Waals surface area contributed by atoms with E-state index in [4.69, 9.17) is 10.5 Å². The fraction of sp³-hybridized carbons (Fsp3) is 0.529. The Kier molecular flexibility index (Phi) is 4.66. The molecule has 126 valence electrons. The van der Waals surface area contributed by atoms with E-state index in [0.29, 0.717) is 13.1 Å². The molecule has 6 nitrogen and oxygen atoms in total. The summed E-state index contributed by atoms with van der Waals surface area (Å²) in [6.07, 6.45) is -0.447. The van der Waals surface area contributed by atoms with Gasteiger partial charge in [-0.1, -0.05) is 25.1 Å². The van der Waals surface area contributed by atoms with Gasteiger partial charge < -0.3 is 15.8 Å². The summed E-state index contributed by atoms with van der Waals surface area (Å²) in [7, 11) is 1.91. The third kappa shape index (κ3) is 3.82. The highest BCUT2D eigenvalue weighted by molar-refractivity contribution is 5.83. The molecule has 0 spiro atoms. The number of benzene rings is 1. The molecule has 1 aromatic heterocycles. The first-order chi connectivity index (χ1) is 10.7. The summed E-state index contributed by atoms with van der Waals surface area (Å²) >= 11 is 0. The third-order valence-electron chi connectivity index (χ3n) is 3.80. The van der Waals surface area contributed by atoms with Crippen molar-refractivity contribution in [1.82, 2.24) is 15.1 Å². The lowest BCUT2D eigenvalue weighted by atomic mass is 9.85. The van der Waals surface area contributed by atoms with Crippen molar-refractivity contribution in [3.8, 4) is 0 Å². The van der Waals surface area contributed by atoms with E-state index in [1.165, 1.54) is 0 Å². The van der Waals surface area contributed by atoms with Gasteiger partial charge in [-0.15, -0.1) is 0 Å². The number of hydrogen-bond acceptors (Lipinski definition) is 4. The lowest BCUT2D eigenvalue weighted by molar-refractivity contribution is 0.0516. The van der Waals surface area contributed by atoms with E-state index in [9.17, 15) is 4.79 Å². The summed E-state index contributed by atoms with van der Waals surface area (Å²) in [5.74, 6) is 0. The maximum Gasteiger partial charge on any atom is 0.407 e. The Bertz CT molecular complexity index is 702. The average Bonchev–Trinajstić information content (AvgIpc) is 2.81. The number of nitrogens with one attached hydrogen (secondary N) is 1. The van der Waals surface area contributed by atoms with E-state index in [2.05, 4.69) is 10.4 Å². The maximum absolute atomic E-state index is 11.9. The molecule has 0 fully saturated rings. The third-order valence-corrected chi connectivity index (χ3v) is 3.80. The summed E-state index contributed by atoms with van der Waals surface area (Å²) in [5.41, 5.74) is 6.93. The molecule has 0 aliphatic rings. The van der Waals surface area contributed by atoms with Gasteiger partial charge in [0.2, 0.25) is 0 Å². The fourth-order valence-corrected chi connectivity index (χ4v) is 2.49. The van der Waals surface area contributed by atoms with Crippen LogP contribution in [0.4, 0.5) is 4.79 Å². The number of carbonyl (C=O) groups is 1. The largest absolute Gasteiger partial charge is 0.444 e. The summed E-state index contributed by atoms with van der Waals surface area (Å²) in [6, 6.07) is 8.00. The van der Waals surface area contributed by atoms with Crippen LogP contribution in [-0.4, -0.2) is 34.6 Å². The molecule has 3 N–H and O–H groups in total. The molecular formula is C17H26N4O2. The van der Waals surface area contributed by atoms with Gasteiger partial charge in [0.05, 0.1) is 11.2 Å². The lowest BCUT2D eigenvalue weighted by Gasteiger charge is -2.28. The van der Waals surface area contributed by atoms with Crippen LogP contribution >= 0.6 is 0 Å². The minimum Gasteiger partial charge on any atom is -0.444 e. The number of amides is 1. The monoisotopic (exact) mass is 318 g/mol. The number of aryl methyl sites for hydroxylation is 1. The number of hydrogen-bond donors (Lipinski definition) is 2. The Morgan fingerprint density at radius 1 is 1.30 bits per heavy atom. The van der Waals surface area contributed by atoms with E-state index in [-0.39, 0.29) is 0 Å². The van der Waals surface area contributed by atoms with Crippen LogP contribution in [-0.2, 0) is 17.2 Å². The van der Waals surface area contributed by atoms with Gasteiger partial charge in [-0.3, -0.25) is 4.68 Å². The Balaban J connectivity index is 2.24. The number of aromatic nitrogens is 2. The second-order valence-electron chi connectivity index (χ2n) is 7.11. The van der Waals surface area contributed by atoms with Crippen LogP contribution in [0.5, 0.6) is 0 Å². The standard InChI is InChI=1S/C17H26N4O2/c1-16(2,3)23-15(22)19-11-17(4,10-18)14-12-8-6-7-9-13(12)21(5)20-14/h6-9H,10-11,18H2,1-5H3,(H,19,22). The SMILES string of the molecule is Cn1nc(C(C)(CN)CNC(=O)OC(C)(C)C)c2ccccc21. The van der Waals surface area contributed by atoms with Gasteiger partial charge in [0.1, 0.15) is 5.60 Å². The zero-order valence-electron chi connectivity index (χ0n) is 14.5. The van der Waals surface area contributed by atoms with Gasteiger partial charge >= 0.3 is 6.09 Å². The molecule has 0 aliphatic carbocycles.